The fourth-order valence-electron chi connectivity index (χ4n) is 2.27. The molecule has 0 spiro atoms. The molecule has 0 unspecified atom stereocenters. The minimum absolute atomic E-state index is 0.0690. The van der Waals surface area contributed by atoms with E-state index in [0.717, 1.165) is 20.7 Å². The molecule has 0 aliphatic carbocycles. The number of aromatic nitrogens is 1. The lowest BCUT2D eigenvalue weighted by atomic mass is 10.2. The van der Waals surface area contributed by atoms with Gasteiger partial charge in [0.25, 0.3) is 5.69 Å². The minimum atomic E-state index is -0.419. The molecule has 0 radical (unpaired) electrons. The summed E-state index contributed by atoms with van der Waals surface area (Å²) in [5.74, 6) is -0.377. The third-order valence-corrected chi connectivity index (χ3v) is 4.37. The minimum Gasteiger partial charge on any atom is -0.461 e. The Morgan fingerprint density at radius 3 is 2.54 bits per heavy atom. The van der Waals surface area contributed by atoms with Gasteiger partial charge in [0.2, 0.25) is 0 Å². The first-order valence-corrected chi connectivity index (χ1v) is 8.10. The van der Waals surface area contributed by atoms with Crippen molar-refractivity contribution in [2.75, 3.05) is 6.61 Å². The van der Waals surface area contributed by atoms with Gasteiger partial charge in [0.1, 0.15) is 5.69 Å². The number of aromatic amines is 1. The number of carbonyl (C=O) groups excluding carboxylic acids is 1. The predicted octanol–water partition coefficient (Wildman–Crippen LogP) is 4.40. The van der Waals surface area contributed by atoms with Crippen LogP contribution in [0.4, 0.5) is 5.69 Å². The van der Waals surface area contributed by atoms with Crippen molar-refractivity contribution in [2.45, 2.75) is 16.7 Å². The van der Waals surface area contributed by atoms with Crippen LogP contribution in [-0.4, -0.2) is 22.5 Å². The van der Waals surface area contributed by atoms with Crippen LogP contribution in [0.3, 0.4) is 0 Å². The van der Waals surface area contributed by atoms with Gasteiger partial charge in [0, 0.05) is 32.8 Å². The van der Waals surface area contributed by atoms with Crippen LogP contribution in [0.1, 0.15) is 17.4 Å². The molecular formula is C17H14N2O4S. The highest BCUT2D eigenvalue weighted by molar-refractivity contribution is 7.99. The largest absolute Gasteiger partial charge is 0.461 e. The summed E-state index contributed by atoms with van der Waals surface area (Å²) in [5, 5.41) is 11.6. The molecule has 0 aliphatic rings. The Bertz CT molecular complexity index is 903. The number of hydrogen-bond donors (Lipinski definition) is 1. The quantitative estimate of drug-likeness (QED) is 0.422. The molecule has 7 heteroatoms. The van der Waals surface area contributed by atoms with Crippen molar-refractivity contribution in [1.82, 2.24) is 4.98 Å². The number of benzene rings is 2. The van der Waals surface area contributed by atoms with E-state index in [-0.39, 0.29) is 11.7 Å². The number of H-pyrrole nitrogens is 1. The fourth-order valence-corrected chi connectivity index (χ4v) is 3.13. The first-order valence-electron chi connectivity index (χ1n) is 7.29. The van der Waals surface area contributed by atoms with Gasteiger partial charge in [0.05, 0.1) is 11.5 Å². The lowest BCUT2D eigenvalue weighted by Crippen LogP contribution is -2.04. The number of ether oxygens (including phenoxy) is 1. The maximum Gasteiger partial charge on any atom is 0.354 e. The number of nitrogens with one attached hydrogen (secondary N) is 1. The van der Waals surface area contributed by atoms with Crippen LogP contribution in [0.2, 0.25) is 0 Å². The predicted molar refractivity (Wildman–Crippen MR) is 91.5 cm³/mol. The summed E-state index contributed by atoms with van der Waals surface area (Å²) in [4.78, 5) is 26.9. The smallest absolute Gasteiger partial charge is 0.354 e. The van der Waals surface area contributed by atoms with Crippen molar-refractivity contribution in [3.63, 3.8) is 0 Å². The Morgan fingerprint density at radius 1 is 1.17 bits per heavy atom. The zero-order valence-electron chi connectivity index (χ0n) is 12.8. The fraction of sp³-hybridized carbons (Fsp3) is 0.118. The number of nitrogens with zero attached hydrogens (tertiary/aromatic N) is 1. The van der Waals surface area contributed by atoms with E-state index in [4.69, 9.17) is 4.74 Å². The highest BCUT2D eigenvalue weighted by Gasteiger charge is 2.11. The molecule has 1 heterocycles. The summed E-state index contributed by atoms with van der Waals surface area (Å²) in [6.07, 6.45) is 0. The number of nitro benzene ring substituents is 1. The third kappa shape index (κ3) is 3.41. The topological polar surface area (TPSA) is 85.2 Å². The van der Waals surface area contributed by atoms with Crippen molar-refractivity contribution in [3.8, 4) is 0 Å². The molecule has 0 aliphatic heterocycles. The maximum absolute atomic E-state index is 11.8. The van der Waals surface area contributed by atoms with Gasteiger partial charge in [-0.05, 0) is 43.3 Å². The Kier molecular flexibility index (Phi) is 4.52. The van der Waals surface area contributed by atoms with Crippen LogP contribution < -0.4 is 0 Å². The van der Waals surface area contributed by atoms with E-state index in [1.807, 2.05) is 18.2 Å². The SMILES string of the molecule is CCOC(=O)c1cc2cc(Sc3ccc([N+](=O)[O-])cc3)ccc2[nH]1. The second-order valence-electron chi connectivity index (χ2n) is 5.01. The Labute approximate surface area is 142 Å². The van der Waals surface area contributed by atoms with E-state index in [2.05, 4.69) is 4.98 Å². The summed E-state index contributed by atoms with van der Waals surface area (Å²) >= 11 is 1.50. The molecule has 1 N–H and O–H groups in total. The van der Waals surface area contributed by atoms with Gasteiger partial charge in [-0.25, -0.2) is 4.79 Å². The first-order chi connectivity index (χ1) is 11.6. The summed E-state index contributed by atoms with van der Waals surface area (Å²) in [6, 6.07) is 13.9. The van der Waals surface area contributed by atoms with Gasteiger partial charge in [-0.1, -0.05) is 11.8 Å². The first kappa shape index (κ1) is 16.1. The zero-order valence-corrected chi connectivity index (χ0v) is 13.6. The molecule has 3 rings (SSSR count). The average molecular weight is 342 g/mol. The number of fused-ring (bicyclic) bond motifs is 1. The molecule has 0 fully saturated rings. The Morgan fingerprint density at radius 2 is 1.88 bits per heavy atom. The molecule has 1 aromatic heterocycles. The van der Waals surface area contributed by atoms with Gasteiger partial charge in [-0.15, -0.1) is 0 Å². The van der Waals surface area contributed by atoms with Gasteiger partial charge in [0.15, 0.2) is 0 Å². The summed E-state index contributed by atoms with van der Waals surface area (Å²) < 4.78 is 4.98. The summed E-state index contributed by atoms with van der Waals surface area (Å²) in [6.45, 7) is 2.09. The normalized spacial score (nSPS) is 10.7. The molecule has 0 saturated heterocycles. The van der Waals surface area contributed by atoms with Crippen LogP contribution in [0.5, 0.6) is 0 Å². The van der Waals surface area contributed by atoms with Crippen LogP contribution in [0, 0.1) is 10.1 Å². The van der Waals surface area contributed by atoms with Crippen LogP contribution in [0.25, 0.3) is 10.9 Å². The van der Waals surface area contributed by atoms with Gasteiger partial charge in [-0.2, -0.15) is 0 Å². The molecule has 24 heavy (non-hydrogen) atoms. The second-order valence-corrected chi connectivity index (χ2v) is 6.15. The van der Waals surface area contributed by atoms with Gasteiger partial charge >= 0.3 is 5.97 Å². The summed E-state index contributed by atoms with van der Waals surface area (Å²) in [5.41, 5.74) is 1.34. The summed E-state index contributed by atoms with van der Waals surface area (Å²) in [7, 11) is 0. The monoisotopic (exact) mass is 342 g/mol. The molecular weight excluding hydrogens is 328 g/mol. The van der Waals surface area contributed by atoms with Crippen LogP contribution in [0.15, 0.2) is 58.3 Å². The molecule has 0 atom stereocenters. The molecule has 0 bridgehead atoms. The van der Waals surface area contributed by atoms with Crippen molar-refractivity contribution >= 4 is 34.3 Å². The van der Waals surface area contributed by atoms with Crippen molar-refractivity contribution in [3.05, 3.63) is 64.3 Å². The van der Waals surface area contributed by atoms with E-state index < -0.39 is 4.92 Å². The highest BCUT2D eigenvalue weighted by atomic mass is 32.2. The van der Waals surface area contributed by atoms with E-state index >= 15 is 0 Å². The Hall–Kier alpha value is -2.80. The number of non-ortho nitro benzene ring substituents is 1. The van der Waals surface area contributed by atoms with Gasteiger partial charge in [-0.3, -0.25) is 10.1 Å². The van der Waals surface area contributed by atoms with E-state index in [9.17, 15) is 14.9 Å². The van der Waals surface area contributed by atoms with Gasteiger partial charge < -0.3 is 9.72 Å². The van der Waals surface area contributed by atoms with Crippen molar-refractivity contribution in [2.24, 2.45) is 0 Å². The lowest BCUT2D eigenvalue weighted by Gasteiger charge is -2.01. The third-order valence-electron chi connectivity index (χ3n) is 3.37. The molecule has 3 aromatic rings. The molecule has 122 valence electrons. The van der Waals surface area contributed by atoms with E-state index in [1.54, 1.807) is 25.1 Å². The number of carbonyl (C=O) groups is 1. The van der Waals surface area contributed by atoms with Crippen molar-refractivity contribution in [1.29, 1.82) is 0 Å². The van der Waals surface area contributed by atoms with E-state index in [1.165, 1.54) is 23.9 Å². The Balaban J connectivity index is 1.82. The molecule has 2 aromatic carbocycles. The number of esters is 1. The maximum atomic E-state index is 11.8. The molecule has 0 saturated carbocycles. The second kappa shape index (κ2) is 6.76. The van der Waals surface area contributed by atoms with E-state index in [0.29, 0.717) is 12.3 Å². The zero-order chi connectivity index (χ0) is 17.1. The molecule has 0 amide bonds. The number of rotatable bonds is 5. The highest BCUT2D eigenvalue weighted by Crippen LogP contribution is 2.31. The lowest BCUT2D eigenvalue weighted by molar-refractivity contribution is -0.384. The van der Waals surface area contributed by atoms with Crippen LogP contribution >= 0.6 is 11.8 Å². The number of nitro groups is 1. The number of hydrogen-bond acceptors (Lipinski definition) is 5. The van der Waals surface area contributed by atoms with Crippen LogP contribution in [-0.2, 0) is 4.74 Å². The van der Waals surface area contributed by atoms with Crippen molar-refractivity contribution < 1.29 is 14.5 Å². The average Bonchev–Trinajstić information content (AvgIpc) is 2.99. The standard InChI is InChI=1S/C17H14N2O4S/c1-2-23-17(20)16-10-11-9-14(7-8-15(11)18-16)24-13-5-3-12(4-6-13)19(21)22/h3-10,18H,2H2,1H3. The molecule has 6 nitrogen and oxygen atoms in total.